The van der Waals surface area contributed by atoms with Crippen LogP contribution in [-0.2, 0) is 16.4 Å². The van der Waals surface area contributed by atoms with E-state index in [0.29, 0.717) is 0 Å². The zero-order valence-electron chi connectivity index (χ0n) is 9.27. The molecule has 96 valence electrons. The maximum atomic E-state index is 11.2. The average molecular weight is 271 g/mol. The van der Waals surface area contributed by atoms with Crippen LogP contribution in [0, 0.1) is 0 Å². The summed E-state index contributed by atoms with van der Waals surface area (Å²) in [6, 6.07) is 1.25. The van der Waals surface area contributed by atoms with Gasteiger partial charge in [-0.25, -0.2) is 13.2 Å². The maximum Gasteiger partial charge on any atom is 0.358 e. The van der Waals surface area contributed by atoms with Crippen LogP contribution in [0.3, 0.4) is 0 Å². The lowest BCUT2D eigenvalue weighted by atomic mass is 10.3. The second-order valence-corrected chi connectivity index (χ2v) is 5.65. The molecular weight excluding hydrogens is 262 g/mol. The number of sulfone groups is 1. The molecule has 0 spiro atoms. The summed E-state index contributed by atoms with van der Waals surface area (Å²) in [5.41, 5.74) is -0.208. The smallest absolute Gasteiger partial charge is 0.358 e. The highest BCUT2D eigenvalue weighted by molar-refractivity contribution is 7.90. The van der Waals surface area contributed by atoms with E-state index in [1.54, 1.807) is 0 Å². The molecule has 0 fully saturated rings. The second kappa shape index (κ2) is 4.26. The van der Waals surface area contributed by atoms with Gasteiger partial charge in [-0.2, -0.15) is 5.10 Å². The molecule has 18 heavy (non-hydrogen) atoms. The number of carboxylic acid groups (broad SMARTS) is 1. The van der Waals surface area contributed by atoms with Gasteiger partial charge in [0.1, 0.15) is 11.4 Å². The Morgan fingerprint density at radius 2 is 2.28 bits per heavy atom. The third-order valence-electron chi connectivity index (χ3n) is 2.13. The van der Waals surface area contributed by atoms with Crippen LogP contribution in [0.25, 0.3) is 0 Å². The van der Waals surface area contributed by atoms with Crippen LogP contribution in [0.2, 0.25) is 0 Å². The van der Waals surface area contributed by atoms with Crippen LogP contribution in [-0.4, -0.2) is 40.7 Å². The molecule has 0 bridgehead atoms. The molecule has 1 N–H and O–H groups in total. The summed E-state index contributed by atoms with van der Waals surface area (Å²) in [4.78, 5) is 10.7. The van der Waals surface area contributed by atoms with Gasteiger partial charge in [0.15, 0.2) is 21.3 Å². The predicted octanol–water partition coefficient (Wildman–Crippen LogP) is 0.0211. The third kappa shape index (κ3) is 2.56. The number of carbonyl (C=O) groups is 1. The summed E-state index contributed by atoms with van der Waals surface area (Å²) in [5.74, 6) is -0.919. The number of hydrogen-bond donors (Lipinski definition) is 1. The van der Waals surface area contributed by atoms with Gasteiger partial charge in [0.2, 0.25) is 0 Å². The fourth-order valence-corrected chi connectivity index (χ4v) is 1.82. The van der Waals surface area contributed by atoms with E-state index in [0.717, 1.165) is 6.26 Å². The largest absolute Gasteiger partial charge is 0.476 e. The minimum Gasteiger partial charge on any atom is -0.476 e. The van der Waals surface area contributed by atoms with Crippen molar-refractivity contribution in [1.82, 2.24) is 14.9 Å². The number of aromatic carboxylic acids is 1. The first kappa shape index (κ1) is 12.3. The SMILES string of the molecule is CS(=O)(=O)c1cnn(Cc2cc(C(=O)O)no2)c1. The Morgan fingerprint density at radius 3 is 2.78 bits per heavy atom. The van der Waals surface area contributed by atoms with Crippen LogP contribution < -0.4 is 0 Å². The van der Waals surface area contributed by atoms with Gasteiger partial charge >= 0.3 is 5.97 Å². The van der Waals surface area contributed by atoms with Gasteiger partial charge in [-0.05, 0) is 0 Å². The molecule has 0 radical (unpaired) electrons. The van der Waals surface area contributed by atoms with E-state index in [1.165, 1.54) is 23.1 Å². The molecule has 0 aliphatic carbocycles. The summed E-state index contributed by atoms with van der Waals surface area (Å²) in [6.45, 7) is 0.107. The molecule has 0 saturated heterocycles. The molecule has 0 unspecified atom stereocenters. The third-order valence-corrected chi connectivity index (χ3v) is 3.20. The standard InChI is InChI=1S/C9H9N3O5S/c1-18(15,16)7-3-10-12(5-7)4-6-2-8(9(13)14)11-17-6/h2-3,5H,4H2,1H3,(H,13,14). The molecule has 2 aromatic rings. The number of carboxylic acids is 1. The molecule has 0 aliphatic rings. The van der Waals surface area contributed by atoms with Crippen molar-refractivity contribution in [3.8, 4) is 0 Å². The normalized spacial score (nSPS) is 11.6. The topological polar surface area (TPSA) is 115 Å². The van der Waals surface area contributed by atoms with Gasteiger partial charge in [0.05, 0.1) is 6.20 Å². The quantitative estimate of drug-likeness (QED) is 0.833. The molecule has 0 amide bonds. The highest BCUT2D eigenvalue weighted by Gasteiger charge is 2.13. The number of nitrogens with zero attached hydrogens (tertiary/aromatic N) is 3. The van der Waals surface area contributed by atoms with E-state index in [2.05, 4.69) is 10.3 Å². The zero-order valence-corrected chi connectivity index (χ0v) is 10.1. The molecule has 0 saturated carbocycles. The van der Waals surface area contributed by atoms with Crippen molar-refractivity contribution in [2.75, 3.05) is 6.26 Å². The van der Waals surface area contributed by atoms with Gasteiger partial charge in [-0.15, -0.1) is 0 Å². The lowest BCUT2D eigenvalue weighted by Gasteiger charge is -1.94. The monoisotopic (exact) mass is 271 g/mol. The lowest BCUT2D eigenvalue weighted by Crippen LogP contribution is -2.00. The fraction of sp³-hybridized carbons (Fsp3) is 0.222. The van der Waals surface area contributed by atoms with E-state index < -0.39 is 15.8 Å². The lowest BCUT2D eigenvalue weighted by molar-refractivity contribution is 0.0685. The maximum absolute atomic E-state index is 11.2. The average Bonchev–Trinajstić information content (AvgIpc) is 2.85. The van der Waals surface area contributed by atoms with Crippen molar-refractivity contribution in [3.63, 3.8) is 0 Å². The minimum atomic E-state index is -3.31. The van der Waals surface area contributed by atoms with Gasteiger partial charge in [0, 0.05) is 18.5 Å². The molecule has 2 rings (SSSR count). The minimum absolute atomic E-state index is 0.0838. The first-order valence-corrected chi connectivity index (χ1v) is 6.67. The van der Waals surface area contributed by atoms with Crippen molar-refractivity contribution in [1.29, 1.82) is 0 Å². The number of hydrogen-bond acceptors (Lipinski definition) is 6. The molecule has 9 heteroatoms. The van der Waals surface area contributed by atoms with Gasteiger partial charge in [-0.3, -0.25) is 4.68 Å². The van der Waals surface area contributed by atoms with Gasteiger partial charge in [0.25, 0.3) is 0 Å². The Bertz CT molecular complexity index is 685. The van der Waals surface area contributed by atoms with E-state index >= 15 is 0 Å². The zero-order chi connectivity index (χ0) is 13.3. The summed E-state index contributed by atoms with van der Waals surface area (Å²) in [5, 5.41) is 15.8. The van der Waals surface area contributed by atoms with Crippen LogP contribution in [0.15, 0.2) is 27.9 Å². The molecular formula is C9H9N3O5S. The molecule has 8 nitrogen and oxygen atoms in total. The van der Waals surface area contributed by atoms with Crippen LogP contribution >= 0.6 is 0 Å². The summed E-state index contributed by atoms with van der Waals surface area (Å²) < 4.78 is 28.6. The number of aromatic nitrogens is 3. The Balaban J connectivity index is 2.19. The first-order valence-electron chi connectivity index (χ1n) is 4.77. The molecule has 0 atom stereocenters. The van der Waals surface area contributed by atoms with Crippen molar-refractivity contribution in [2.45, 2.75) is 11.4 Å². The van der Waals surface area contributed by atoms with Crippen molar-refractivity contribution >= 4 is 15.8 Å². The Labute approximate surface area is 102 Å². The first-order chi connectivity index (χ1) is 8.36. The number of rotatable bonds is 4. The van der Waals surface area contributed by atoms with Crippen molar-refractivity contribution in [2.24, 2.45) is 0 Å². The van der Waals surface area contributed by atoms with E-state index in [1.807, 2.05) is 0 Å². The fourth-order valence-electron chi connectivity index (χ4n) is 1.27. The molecule has 0 aromatic carbocycles. The van der Waals surface area contributed by atoms with Crippen molar-refractivity contribution < 1.29 is 22.8 Å². The van der Waals surface area contributed by atoms with E-state index in [-0.39, 0.29) is 22.9 Å². The summed E-state index contributed by atoms with van der Waals surface area (Å²) in [6.07, 6.45) is 3.62. The summed E-state index contributed by atoms with van der Waals surface area (Å²) >= 11 is 0. The predicted molar refractivity (Wildman–Crippen MR) is 57.9 cm³/mol. The highest BCUT2D eigenvalue weighted by atomic mass is 32.2. The van der Waals surface area contributed by atoms with Crippen LogP contribution in [0.4, 0.5) is 0 Å². The van der Waals surface area contributed by atoms with Crippen molar-refractivity contribution in [3.05, 3.63) is 29.9 Å². The van der Waals surface area contributed by atoms with Gasteiger partial charge < -0.3 is 9.63 Å². The Hall–Kier alpha value is -2.16. The summed E-state index contributed by atoms with van der Waals surface area (Å²) in [7, 11) is -3.31. The van der Waals surface area contributed by atoms with E-state index in [4.69, 9.17) is 9.63 Å². The molecule has 2 heterocycles. The molecule has 2 aromatic heterocycles. The Morgan fingerprint density at radius 1 is 1.56 bits per heavy atom. The highest BCUT2D eigenvalue weighted by Crippen LogP contribution is 2.09. The van der Waals surface area contributed by atoms with Gasteiger partial charge in [-0.1, -0.05) is 5.16 Å². The van der Waals surface area contributed by atoms with Crippen LogP contribution in [0.5, 0.6) is 0 Å². The Kier molecular flexibility index (Phi) is 2.91. The van der Waals surface area contributed by atoms with Crippen LogP contribution in [0.1, 0.15) is 16.2 Å². The second-order valence-electron chi connectivity index (χ2n) is 3.63. The molecule has 0 aliphatic heterocycles. The van der Waals surface area contributed by atoms with E-state index in [9.17, 15) is 13.2 Å².